The number of benzene rings is 1. The molecule has 10 nitrogen and oxygen atoms in total. The SMILES string of the molecule is CN(C(=O)O)c1c(N)nc(-n2nc(Cc3c(F)ccc(F)c3F)c3nc(Cl)ccc32)nc1N. The lowest BCUT2D eigenvalue weighted by atomic mass is 10.1. The highest BCUT2D eigenvalue weighted by Gasteiger charge is 2.23. The van der Waals surface area contributed by atoms with Crippen LogP contribution in [0.2, 0.25) is 5.15 Å². The smallest absolute Gasteiger partial charge is 0.411 e. The largest absolute Gasteiger partial charge is 0.465 e. The van der Waals surface area contributed by atoms with Gasteiger partial charge >= 0.3 is 6.09 Å². The van der Waals surface area contributed by atoms with E-state index in [-0.39, 0.29) is 45.2 Å². The van der Waals surface area contributed by atoms with Crippen molar-refractivity contribution >= 4 is 46.1 Å². The second-order valence-electron chi connectivity index (χ2n) is 6.84. The number of nitrogens with two attached hydrogens (primary N) is 2. The third-order valence-corrected chi connectivity index (χ3v) is 4.99. The lowest BCUT2D eigenvalue weighted by Gasteiger charge is -2.17. The van der Waals surface area contributed by atoms with Gasteiger partial charge in [0, 0.05) is 19.0 Å². The Hall–Kier alpha value is -4.13. The predicted molar refractivity (Wildman–Crippen MR) is 114 cm³/mol. The summed E-state index contributed by atoms with van der Waals surface area (Å²) >= 11 is 5.98. The first kappa shape index (κ1) is 22.1. The Balaban J connectivity index is 1.89. The van der Waals surface area contributed by atoms with Gasteiger partial charge in [0.1, 0.15) is 22.2 Å². The van der Waals surface area contributed by atoms with Crippen molar-refractivity contribution in [3.63, 3.8) is 0 Å². The average molecular weight is 479 g/mol. The molecule has 33 heavy (non-hydrogen) atoms. The number of carbonyl (C=O) groups is 1. The van der Waals surface area contributed by atoms with Crippen LogP contribution in [0.3, 0.4) is 0 Å². The third kappa shape index (κ3) is 3.82. The van der Waals surface area contributed by atoms with Crippen LogP contribution in [-0.2, 0) is 6.42 Å². The summed E-state index contributed by atoms with van der Waals surface area (Å²) in [5.74, 6) is -4.21. The normalized spacial score (nSPS) is 11.2. The summed E-state index contributed by atoms with van der Waals surface area (Å²) in [6, 6.07) is 4.42. The van der Waals surface area contributed by atoms with Gasteiger partial charge in [-0.15, -0.1) is 0 Å². The molecule has 0 bridgehead atoms. The fourth-order valence-electron chi connectivity index (χ4n) is 3.21. The third-order valence-electron chi connectivity index (χ3n) is 4.78. The van der Waals surface area contributed by atoms with Crippen molar-refractivity contribution in [2.24, 2.45) is 0 Å². The summed E-state index contributed by atoms with van der Waals surface area (Å²) in [7, 11) is 1.21. The zero-order valence-corrected chi connectivity index (χ0v) is 17.5. The standard InChI is InChI=1S/C19H14ClF3N8O2/c1-30(19(32)33)15-16(24)27-18(28-17(15)25)31-11-4-5-12(20)26-14(11)10(29-31)6-7-8(21)2-3-9(22)13(7)23/h2-5H,6H2,1H3,(H,32,33)(H4,24,25,27,28). The van der Waals surface area contributed by atoms with Crippen molar-refractivity contribution in [2.45, 2.75) is 6.42 Å². The lowest BCUT2D eigenvalue weighted by molar-refractivity contribution is 0.203. The van der Waals surface area contributed by atoms with Crippen molar-refractivity contribution in [3.05, 3.63) is 58.1 Å². The van der Waals surface area contributed by atoms with Crippen LogP contribution in [0.4, 0.5) is 35.3 Å². The molecule has 0 saturated heterocycles. The van der Waals surface area contributed by atoms with Crippen molar-refractivity contribution in [1.82, 2.24) is 24.7 Å². The molecule has 0 radical (unpaired) electrons. The summed E-state index contributed by atoms with van der Waals surface area (Å²) < 4.78 is 43.3. The van der Waals surface area contributed by atoms with E-state index in [1.165, 1.54) is 19.2 Å². The molecule has 14 heteroatoms. The monoisotopic (exact) mass is 478 g/mol. The Bertz CT molecular complexity index is 1410. The van der Waals surface area contributed by atoms with Crippen molar-refractivity contribution in [1.29, 1.82) is 0 Å². The van der Waals surface area contributed by atoms with Crippen LogP contribution in [0.25, 0.3) is 17.0 Å². The van der Waals surface area contributed by atoms with E-state index in [2.05, 4.69) is 20.1 Å². The molecule has 4 aromatic rings. The molecule has 0 atom stereocenters. The first-order valence-corrected chi connectivity index (χ1v) is 9.52. The van der Waals surface area contributed by atoms with E-state index in [1.807, 2.05) is 0 Å². The highest BCUT2D eigenvalue weighted by atomic mass is 35.5. The molecule has 0 spiro atoms. The van der Waals surface area contributed by atoms with Crippen LogP contribution in [0.5, 0.6) is 0 Å². The number of hydrogen-bond acceptors (Lipinski definition) is 7. The maximum absolute atomic E-state index is 14.2. The molecule has 0 saturated carbocycles. The maximum Gasteiger partial charge on any atom is 0.411 e. The zero-order valence-electron chi connectivity index (χ0n) is 16.7. The Morgan fingerprint density at radius 1 is 1.09 bits per heavy atom. The van der Waals surface area contributed by atoms with Gasteiger partial charge in [0.25, 0.3) is 5.95 Å². The number of fused-ring (bicyclic) bond motifs is 1. The van der Waals surface area contributed by atoms with Gasteiger partial charge in [-0.3, -0.25) is 4.90 Å². The average Bonchev–Trinajstić information content (AvgIpc) is 3.10. The van der Waals surface area contributed by atoms with Gasteiger partial charge in [-0.25, -0.2) is 22.9 Å². The number of carboxylic acid groups (broad SMARTS) is 1. The Labute approximate surface area is 188 Å². The predicted octanol–water partition coefficient (Wildman–Crippen LogP) is 3.15. The summed E-state index contributed by atoms with van der Waals surface area (Å²) in [5, 5.41) is 13.5. The maximum atomic E-state index is 14.2. The van der Waals surface area contributed by atoms with E-state index < -0.39 is 35.5 Å². The molecule has 170 valence electrons. The number of amides is 1. The second-order valence-corrected chi connectivity index (χ2v) is 7.23. The molecule has 0 aliphatic rings. The molecule has 5 N–H and O–H groups in total. The number of anilines is 3. The van der Waals surface area contributed by atoms with Crippen molar-refractivity contribution in [2.75, 3.05) is 23.4 Å². The van der Waals surface area contributed by atoms with Crippen molar-refractivity contribution < 1.29 is 23.1 Å². The van der Waals surface area contributed by atoms with E-state index in [1.54, 1.807) is 0 Å². The first-order chi connectivity index (χ1) is 15.6. The summed E-state index contributed by atoms with van der Waals surface area (Å²) in [6.45, 7) is 0. The number of nitrogen functional groups attached to an aromatic ring is 2. The molecule has 0 fully saturated rings. The van der Waals surface area contributed by atoms with Crippen LogP contribution in [0.1, 0.15) is 11.3 Å². The second kappa shape index (κ2) is 8.09. The van der Waals surface area contributed by atoms with Gasteiger partial charge in [-0.05, 0) is 24.3 Å². The highest BCUT2D eigenvalue weighted by Crippen LogP contribution is 2.30. The Kier molecular flexibility index (Phi) is 5.41. The number of pyridine rings is 1. The molecule has 0 aliphatic carbocycles. The molecule has 3 aromatic heterocycles. The molecular weight excluding hydrogens is 465 g/mol. The van der Waals surface area contributed by atoms with Crippen molar-refractivity contribution in [3.8, 4) is 5.95 Å². The van der Waals surface area contributed by atoms with Gasteiger partial charge in [0.2, 0.25) is 0 Å². The molecule has 1 aromatic carbocycles. The number of nitrogens with zero attached hydrogens (tertiary/aromatic N) is 6. The topological polar surface area (TPSA) is 149 Å². The van der Waals surface area contributed by atoms with Gasteiger partial charge in [-0.2, -0.15) is 19.7 Å². The number of hydrogen-bond donors (Lipinski definition) is 3. The summed E-state index contributed by atoms with van der Waals surface area (Å²) in [4.78, 5) is 24.3. The fourth-order valence-corrected chi connectivity index (χ4v) is 3.36. The van der Waals surface area contributed by atoms with E-state index in [4.69, 9.17) is 23.1 Å². The van der Waals surface area contributed by atoms with Crippen LogP contribution in [0.15, 0.2) is 24.3 Å². The fraction of sp³-hybridized carbons (Fsp3) is 0.105. The number of rotatable bonds is 4. The van der Waals surface area contributed by atoms with Crippen LogP contribution >= 0.6 is 11.6 Å². The van der Waals surface area contributed by atoms with Crippen LogP contribution < -0.4 is 16.4 Å². The summed E-state index contributed by atoms with van der Waals surface area (Å²) in [6.07, 6.45) is -1.80. The quantitative estimate of drug-likeness (QED) is 0.299. The minimum atomic E-state index is -1.36. The summed E-state index contributed by atoms with van der Waals surface area (Å²) in [5.41, 5.74) is 11.6. The molecule has 1 amide bonds. The number of halogens is 4. The lowest BCUT2D eigenvalue weighted by Crippen LogP contribution is -2.27. The molecule has 0 aliphatic heterocycles. The minimum absolute atomic E-state index is 0.0448. The van der Waals surface area contributed by atoms with E-state index in [0.29, 0.717) is 6.07 Å². The van der Waals surface area contributed by atoms with E-state index in [9.17, 15) is 23.1 Å². The van der Waals surface area contributed by atoms with Crippen LogP contribution in [0, 0.1) is 17.5 Å². The van der Waals surface area contributed by atoms with Gasteiger partial charge in [0.15, 0.2) is 23.3 Å². The van der Waals surface area contributed by atoms with Gasteiger partial charge in [-0.1, -0.05) is 11.6 Å². The Morgan fingerprint density at radius 3 is 2.36 bits per heavy atom. The van der Waals surface area contributed by atoms with Gasteiger partial charge in [0.05, 0.1) is 11.2 Å². The number of aromatic nitrogens is 5. The minimum Gasteiger partial charge on any atom is -0.465 e. The van der Waals surface area contributed by atoms with E-state index >= 15 is 0 Å². The van der Waals surface area contributed by atoms with Crippen LogP contribution in [-0.4, -0.2) is 43.0 Å². The zero-order chi connectivity index (χ0) is 24.0. The molecule has 3 heterocycles. The molecular formula is C19H14ClF3N8O2. The first-order valence-electron chi connectivity index (χ1n) is 9.15. The molecule has 4 rings (SSSR count). The Morgan fingerprint density at radius 2 is 1.73 bits per heavy atom. The highest BCUT2D eigenvalue weighted by molar-refractivity contribution is 6.29. The van der Waals surface area contributed by atoms with Gasteiger partial charge < -0.3 is 16.6 Å². The molecule has 0 unspecified atom stereocenters. The van der Waals surface area contributed by atoms with E-state index in [0.717, 1.165) is 15.6 Å².